The molecule has 0 radical (unpaired) electrons. The van der Waals surface area contributed by atoms with E-state index in [1.807, 2.05) is 0 Å². The molecule has 1 atom stereocenters. The number of benzene rings is 1. The maximum absolute atomic E-state index is 12.2. The number of carboxylic acid groups (broad SMARTS) is 1. The Balaban J connectivity index is 1.52. The lowest BCUT2D eigenvalue weighted by Crippen LogP contribution is -2.34. The highest BCUT2D eigenvalue weighted by Crippen LogP contribution is 2.25. The molecule has 1 saturated heterocycles. The number of carboxylic acids is 1. The van der Waals surface area contributed by atoms with Crippen LogP contribution in [0.5, 0.6) is 0 Å². The van der Waals surface area contributed by atoms with Gasteiger partial charge in [0.05, 0.1) is 46.4 Å². The summed E-state index contributed by atoms with van der Waals surface area (Å²) in [7, 11) is 0. The van der Waals surface area contributed by atoms with Gasteiger partial charge in [-0.1, -0.05) is 11.6 Å². The van der Waals surface area contributed by atoms with E-state index >= 15 is 0 Å². The third-order valence-corrected chi connectivity index (χ3v) is 5.62. The highest BCUT2D eigenvalue weighted by atomic mass is 35.5. The summed E-state index contributed by atoms with van der Waals surface area (Å²) >= 11 is 6.99. The molecule has 0 saturated carbocycles. The molecule has 3 rings (SSSR count). The van der Waals surface area contributed by atoms with Gasteiger partial charge in [-0.3, -0.25) is 9.69 Å². The number of aliphatic carboxylic acids is 1. The van der Waals surface area contributed by atoms with Gasteiger partial charge in [0.15, 0.2) is 0 Å². The fraction of sp³-hybridized carbons (Fsp3) is 0.316. The zero-order chi connectivity index (χ0) is 23.1. The molecule has 2 aromatic rings. The fourth-order valence-corrected chi connectivity index (χ4v) is 3.86. The number of nitrogens with one attached hydrogen (secondary N) is 1. The minimum Gasteiger partial charge on any atom is -0.480 e. The quantitative estimate of drug-likeness (QED) is 0.283. The van der Waals surface area contributed by atoms with Crippen LogP contribution in [0.25, 0.3) is 0 Å². The van der Waals surface area contributed by atoms with E-state index in [0.29, 0.717) is 20.6 Å². The van der Waals surface area contributed by atoms with E-state index in [4.69, 9.17) is 26.2 Å². The molecular formula is C19H19ClN4O7S. The van der Waals surface area contributed by atoms with Crippen molar-refractivity contribution in [2.45, 2.75) is 6.10 Å². The van der Waals surface area contributed by atoms with Crippen molar-refractivity contribution in [2.24, 2.45) is 5.29 Å². The lowest BCUT2D eigenvalue weighted by molar-refractivity contribution is -0.142. The Morgan fingerprint density at radius 2 is 2.06 bits per heavy atom. The van der Waals surface area contributed by atoms with Crippen molar-refractivity contribution in [3.8, 4) is 0 Å². The van der Waals surface area contributed by atoms with E-state index in [1.54, 1.807) is 36.4 Å². The number of hydrogen-bond donors (Lipinski definition) is 2. The van der Waals surface area contributed by atoms with Gasteiger partial charge in [-0.05, 0) is 36.4 Å². The highest BCUT2D eigenvalue weighted by Gasteiger charge is 2.32. The molecule has 32 heavy (non-hydrogen) atoms. The molecule has 13 heteroatoms. The van der Waals surface area contributed by atoms with Gasteiger partial charge in [0.1, 0.15) is 12.7 Å². The van der Waals surface area contributed by atoms with Gasteiger partial charge in [0.2, 0.25) is 0 Å². The summed E-state index contributed by atoms with van der Waals surface area (Å²) in [6.45, 7) is -0.00991. The van der Waals surface area contributed by atoms with Gasteiger partial charge in [0, 0.05) is 5.69 Å². The summed E-state index contributed by atoms with van der Waals surface area (Å²) in [4.78, 5) is 47.8. The van der Waals surface area contributed by atoms with E-state index < -0.39 is 24.8 Å². The van der Waals surface area contributed by atoms with Crippen molar-refractivity contribution in [3.05, 3.63) is 50.5 Å². The van der Waals surface area contributed by atoms with E-state index in [1.165, 1.54) is 4.90 Å². The average Bonchev–Trinajstić information content (AvgIpc) is 3.37. The topological polar surface area (TPSA) is 138 Å². The number of carbonyl (C=O) groups is 3. The Bertz CT molecular complexity index is 984. The lowest BCUT2D eigenvalue weighted by Gasteiger charge is -2.17. The number of ether oxygens (including phenoxy) is 2. The molecule has 2 amide bonds. The number of amides is 2. The first kappa shape index (κ1) is 23.4. The molecule has 0 aliphatic carbocycles. The minimum absolute atomic E-state index is 0.00329. The molecule has 2 N–H and O–H groups in total. The Labute approximate surface area is 191 Å². The van der Waals surface area contributed by atoms with Crippen LogP contribution in [-0.4, -0.2) is 62.0 Å². The van der Waals surface area contributed by atoms with Gasteiger partial charge in [-0.15, -0.1) is 16.2 Å². The highest BCUT2D eigenvalue weighted by molar-refractivity contribution is 7.18. The molecule has 1 aromatic carbocycles. The summed E-state index contributed by atoms with van der Waals surface area (Å²) in [5.41, 5.74) is 0.999. The van der Waals surface area contributed by atoms with Gasteiger partial charge in [0.25, 0.3) is 5.91 Å². The molecular weight excluding hydrogens is 464 g/mol. The summed E-state index contributed by atoms with van der Waals surface area (Å²) < 4.78 is 10.7. The molecule has 0 bridgehead atoms. The minimum atomic E-state index is -1.11. The molecule has 1 aliphatic heterocycles. The Kier molecular flexibility index (Phi) is 7.98. The predicted molar refractivity (Wildman–Crippen MR) is 117 cm³/mol. The largest absolute Gasteiger partial charge is 0.480 e. The van der Waals surface area contributed by atoms with Crippen LogP contribution in [0.4, 0.5) is 16.2 Å². The summed E-state index contributed by atoms with van der Waals surface area (Å²) in [6, 6.07) is 9.69. The van der Waals surface area contributed by atoms with Crippen molar-refractivity contribution < 1.29 is 29.0 Å². The van der Waals surface area contributed by atoms with E-state index in [9.17, 15) is 19.3 Å². The number of anilines is 2. The van der Waals surface area contributed by atoms with E-state index in [0.717, 1.165) is 16.3 Å². The summed E-state index contributed by atoms with van der Waals surface area (Å²) in [6.07, 6.45) is -1.08. The second-order valence-electron chi connectivity index (χ2n) is 6.60. The van der Waals surface area contributed by atoms with E-state index in [-0.39, 0.29) is 32.1 Å². The van der Waals surface area contributed by atoms with Crippen LogP contribution >= 0.6 is 22.9 Å². The fourth-order valence-electron chi connectivity index (χ4n) is 2.90. The second-order valence-corrected chi connectivity index (χ2v) is 8.31. The van der Waals surface area contributed by atoms with Crippen molar-refractivity contribution >= 4 is 52.3 Å². The Hall–Kier alpha value is -3.22. The average molecular weight is 483 g/mol. The van der Waals surface area contributed by atoms with Gasteiger partial charge >= 0.3 is 12.1 Å². The first-order chi connectivity index (χ1) is 15.4. The van der Waals surface area contributed by atoms with Crippen molar-refractivity contribution in [3.63, 3.8) is 0 Å². The molecule has 1 aliphatic rings. The van der Waals surface area contributed by atoms with Crippen molar-refractivity contribution in [1.82, 2.24) is 5.32 Å². The van der Waals surface area contributed by atoms with Crippen LogP contribution in [-0.2, 0) is 14.3 Å². The van der Waals surface area contributed by atoms with Gasteiger partial charge in [-0.25, -0.2) is 14.6 Å². The molecule has 2 heterocycles. The molecule has 0 unspecified atom stereocenters. The van der Waals surface area contributed by atoms with Crippen molar-refractivity contribution in [2.75, 3.05) is 42.8 Å². The number of halogens is 1. The van der Waals surface area contributed by atoms with Crippen molar-refractivity contribution in [1.29, 1.82) is 0 Å². The number of hydrogen-bond acceptors (Lipinski definition) is 8. The van der Waals surface area contributed by atoms with E-state index in [2.05, 4.69) is 10.6 Å². The standard InChI is InChI=1S/C19H19ClN4O7S/c20-16-6-5-15(32-16)18(27)21-9-14-10-23(19(28)31-14)12-1-3-13(4-2-12)24(22-29)7-8-30-11-17(25)26/h1-6,14H,7-11H2,(H,21,27)(H,25,26)/t14-/m0/s1. The molecule has 170 valence electrons. The first-order valence-electron chi connectivity index (χ1n) is 9.39. The second kappa shape index (κ2) is 10.9. The van der Waals surface area contributed by atoms with Crippen LogP contribution in [0.3, 0.4) is 0 Å². The maximum atomic E-state index is 12.2. The summed E-state index contributed by atoms with van der Waals surface area (Å²) in [5.74, 6) is -1.40. The number of nitroso groups, excluding NO2 is 1. The lowest BCUT2D eigenvalue weighted by atomic mass is 10.2. The SMILES string of the molecule is O=NN(CCOCC(=O)O)c1ccc(N2C[C@H](CNC(=O)c3ccc(Cl)s3)OC2=O)cc1. The Morgan fingerprint density at radius 1 is 1.31 bits per heavy atom. The zero-order valence-corrected chi connectivity index (χ0v) is 18.2. The predicted octanol–water partition coefficient (Wildman–Crippen LogP) is 2.75. The monoisotopic (exact) mass is 482 g/mol. The Morgan fingerprint density at radius 3 is 2.69 bits per heavy atom. The number of rotatable bonds is 11. The molecule has 1 fully saturated rings. The van der Waals surface area contributed by atoms with Crippen LogP contribution in [0.2, 0.25) is 4.34 Å². The van der Waals surface area contributed by atoms with Crippen LogP contribution in [0, 0.1) is 4.91 Å². The first-order valence-corrected chi connectivity index (χ1v) is 10.6. The van der Waals surface area contributed by atoms with Crippen LogP contribution in [0.1, 0.15) is 9.67 Å². The van der Waals surface area contributed by atoms with Gasteiger partial charge < -0.3 is 19.9 Å². The van der Waals surface area contributed by atoms with Gasteiger partial charge in [-0.2, -0.15) is 0 Å². The number of carbonyl (C=O) groups excluding carboxylic acids is 2. The number of thiophene rings is 1. The third-order valence-electron chi connectivity index (χ3n) is 4.39. The molecule has 11 nitrogen and oxygen atoms in total. The molecule has 1 aromatic heterocycles. The van der Waals surface area contributed by atoms with Crippen LogP contribution < -0.4 is 15.2 Å². The maximum Gasteiger partial charge on any atom is 0.414 e. The third kappa shape index (κ3) is 6.15. The zero-order valence-electron chi connectivity index (χ0n) is 16.6. The smallest absolute Gasteiger partial charge is 0.414 e. The summed E-state index contributed by atoms with van der Waals surface area (Å²) in [5, 5.41) is 15.3. The molecule has 0 spiro atoms. The number of nitrogens with zero attached hydrogens (tertiary/aromatic N) is 3. The van der Waals surface area contributed by atoms with Crippen LogP contribution in [0.15, 0.2) is 41.7 Å². The number of cyclic esters (lactones) is 1. The normalized spacial score (nSPS) is 15.3.